The molecule has 0 aliphatic rings. The van der Waals surface area contributed by atoms with Crippen LogP contribution in [0.15, 0.2) is 29.2 Å². The van der Waals surface area contributed by atoms with E-state index in [1.807, 2.05) is 25.7 Å². The molecule has 0 spiro atoms. The maximum Gasteiger partial charge on any atom is 0.221 e. The van der Waals surface area contributed by atoms with Crippen molar-refractivity contribution in [3.63, 3.8) is 0 Å². The van der Waals surface area contributed by atoms with Gasteiger partial charge in [-0.2, -0.15) is 0 Å². The van der Waals surface area contributed by atoms with E-state index in [1.165, 1.54) is 4.90 Å². The number of hydrogen-bond donors (Lipinski definition) is 2. The van der Waals surface area contributed by atoms with Crippen LogP contribution in [0.5, 0.6) is 0 Å². The minimum atomic E-state index is 0.0648. The number of hydrogen-bond acceptors (Lipinski definition) is 3. The molecule has 0 radical (unpaired) electrons. The first kappa shape index (κ1) is 15.1. The van der Waals surface area contributed by atoms with Crippen molar-refractivity contribution in [2.45, 2.75) is 31.2 Å². The lowest BCUT2D eigenvalue weighted by molar-refractivity contribution is -0.121. The van der Waals surface area contributed by atoms with Gasteiger partial charge >= 0.3 is 0 Å². The Bertz CT molecular complexity index is 365. The number of amides is 1. The van der Waals surface area contributed by atoms with Gasteiger partial charge in [-0.3, -0.25) is 4.79 Å². The minimum absolute atomic E-state index is 0.0648. The van der Waals surface area contributed by atoms with Crippen LogP contribution in [-0.4, -0.2) is 25.3 Å². The van der Waals surface area contributed by atoms with E-state index >= 15 is 0 Å². The predicted octanol–water partition coefficient (Wildman–Crippen LogP) is 2.59. The zero-order valence-electron chi connectivity index (χ0n) is 11.3. The lowest BCUT2D eigenvalue weighted by atomic mass is 10.1. The Morgan fingerprint density at radius 2 is 2.00 bits per heavy atom. The van der Waals surface area contributed by atoms with E-state index < -0.39 is 0 Å². The zero-order valence-corrected chi connectivity index (χ0v) is 12.1. The van der Waals surface area contributed by atoms with Crippen molar-refractivity contribution in [1.29, 1.82) is 0 Å². The summed E-state index contributed by atoms with van der Waals surface area (Å²) in [4.78, 5) is 12.9. The highest BCUT2D eigenvalue weighted by molar-refractivity contribution is 7.99. The molecular weight excluding hydrogens is 244 g/mol. The van der Waals surface area contributed by atoms with Crippen LogP contribution < -0.4 is 10.6 Å². The van der Waals surface area contributed by atoms with Crippen molar-refractivity contribution >= 4 is 17.7 Å². The molecule has 0 aromatic heterocycles. The van der Waals surface area contributed by atoms with E-state index in [1.54, 1.807) is 0 Å². The first-order valence-electron chi connectivity index (χ1n) is 6.34. The average molecular weight is 266 g/mol. The van der Waals surface area contributed by atoms with Gasteiger partial charge in [0.25, 0.3) is 0 Å². The Balaban J connectivity index is 2.50. The molecular formula is C14H22N2OS. The third-order valence-electron chi connectivity index (χ3n) is 2.67. The van der Waals surface area contributed by atoms with Gasteiger partial charge < -0.3 is 10.6 Å². The van der Waals surface area contributed by atoms with Crippen LogP contribution in [0.1, 0.15) is 31.9 Å². The molecule has 0 aliphatic heterocycles. The van der Waals surface area contributed by atoms with Gasteiger partial charge in [0.1, 0.15) is 0 Å². The minimum Gasteiger partial charge on any atom is -0.350 e. The SMILES string of the molecule is CCSc1ccc(C(C)NC(=O)CCNC)cc1. The molecule has 1 aromatic carbocycles. The third-order valence-corrected chi connectivity index (χ3v) is 3.56. The summed E-state index contributed by atoms with van der Waals surface area (Å²) in [5, 5.41) is 5.97. The second-order valence-electron chi connectivity index (χ2n) is 4.14. The number of rotatable bonds is 7. The van der Waals surface area contributed by atoms with Crippen LogP contribution in [0, 0.1) is 0 Å². The van der Waals surface area contributed by atoms with Gasteiger partial charge in [0.05, 0.1) is 6.04 Å². The van der Waals surface area contributed by atoms with Crippen molar-refractivity contribution in [3.8, 4) is 0 Å². The summed E-state index contributed by atoms with van der Waals surface area (Å²) < 4.78 is 0. The molecule has 18 heavy (non-hydrogen) atoms. The third kappa shape index (κ3) is 5.10. The molecule has 4 heteroatoms. The lowest BCUT2D eigenvalue weighted by Gasteiger charge is -2.14. The molecule has 1 rings (SSSR count). The number of carbonyl (C=O) groups is 1. The Morgan fingerprint density at radius 3 is 2.56 bits per heavy atom. The maximum absolute atomic E-state index is 11.6. The summed E-state index contributed by atoms with van der Waals surface area (Å²) in [5.74, 6) is 1.17. The van der Waals surface area contributed by atoms with Gasteiger partial charge in [0.15, 0.2) is 0 Å². The highest BCUT2D eigenvalue weighted by Gasteiger charge is 2.08. The average Bonchev–Trinajstić information content (AvgIpc) is 2.37. The largest absolute Gasteiger partial charge is 0.350 e. The Hall–Kier alpha value is -1.00. The van der Waals surface area contributed by atoms with E-state index in [4.69, 9.17) is 0 Å². The summed E-state index contributed by atoms with van der Waals surface area (Å²) in [6.07, 6.45) is 0.518. The number of thioether (sulfide) groups is 1. The van der Waals surface area contributed by atoms with Gasteiger partial charge in [-0.05, 0) is 37.4 Å². The molecule has 100 valence electrons. The highest BCUT2D eigenvalue weighted by atomic mass is 32.2. The normalized spacial score (nSPS) is 12.2. The van der Waals surface area contributed by atoms with Crippen molar-refractivity contribution < 1.29 is 4.79 Å². The van der Waals surface area contributed by atoms with Crippen LogP contribution in [0.4, 0.5) is 0 Å². The second-order valence-corrected chi connectivity index (χ2v) is 5.48. The quantitative estimate of drug-likeness (QED) is 0.745. The van der Waals surface area contributed by atoms with Gasteiger partial charge in [-0.15, -0.1) is 11.8 Å². The fraction of sp³-hybridized carbons (Fsp3) is 0.500. The smallest absolute Gasteiger partial charge is 0.221 e. The molecule has 0 fully saturated rings. The van der Waals surface area contributed by atoms with E-state index in [-0.39, 0.29) is 11.9 Å². The van der Waals surface area contributed by atoms with E-state index in [2.05, 4.69) is 41.8 Å². The maximum atomic E-state index is 11.6. The fourth-order valence-corrected chi connectivity index (χ4v) is 2.32. The van der Waals surface area contributed by atoms with Crippen LogP contribution in [-0.2, 0) is 4.79 Å². The lowest BCUT2D eigenvalue weighted by Crippen LogP contribution is -2.28. The summed E-state index contributed by atoms with van der Waals surface area (Å²) in [5.41, 5.74) is 1.15. The van der Waals surface area contributed by atoms with Crippen LogP contribution in [0.3, 0.4) is 0 Å². The van der Waals surface area contributed by atoms with Crippen LogP contribution in [0.25, 0.3) is 0 Å². The molecule has 3 nitrogen and oxygen atoms in total. The number of benzene rings is 1. The van der Waals surface area contributed by atoms with Gasteiger partial charge in [-0.1, -0.05) is 19.1 Å². The molecule has 0 heterocycles. The highest BCUT2D eigenvalue weighted by Crippen LogP contribution is 2.20. The molecule has 1 unspecified atom stereocenters. The molecule has 0 aliphatic carbocycles. The van der Waals surface area contributed by atoms with Crippen molar-refractivity contribution in [3.05, 3.63) is 29.8 Å². The Morgan fingerprint density at radius 1 is 1.33 bits per heavy atom. The first-order valence-corrected chi connectivity index (χ1v) is 7.32. The summed E-state index contributed by atoms with van der Waals surface area (Å²) in [7, 11) is 1.85. The predicted molar refractivity (Wildman–Crippen MR) is 77.9 cm³/mol. The number of nitrogens with one attached hydrogen (secondary N) is 2. The molecule has 0 saturated heterocycles. The van der Waals surface area contributed by atoms with E-state index in [0.29, 0.717) is 13.0 Å². The zero-order chi connectivity index (χ0) is 13.4. The summed E-state index contributed by atoms with van der Waals surface area (Å²) in [6.45, 7) is 4.87. The van der Waals surface area contributed by atoms with Crippen LogP contribution >= 0.6 is 11.8 Å². The standard InChI is InChI=1S/C14H22N2OS/c1-4-18-13-7-5-12(6-8-13)11(2)16-14(17)9-10-15-3/h5-8,11,15H,4,9-10H2,1-3H3,(H,16,17). The molecule has 1 amide bonds. The fourth-order valence-electron chi connectivity index (χ4n) is 1.65. The van der Waals surface area contributed by atoms with E-state index in [0.717, 1.165) is 11.3 Å². The van der Waals surface area contributed by atoms with Gasteiger partial charge in [0.2, 0.25) is 5.91 Å². The van der Waals surface area contributed by atoms with Crippen molar-refractivity contribution in [2.24, 2.45) is 0 Å². The summed E-state index contributed by atoms with van der Waals surface area (Å²) >= 11 is 1.83. The topological polar surface area (TPSA) is 41.1 Å². The molecule has 0 bridgehead atoms. The van der Waals surface area contributed by atoms with E-state index in [9.17, 15) is 4.79 Å². The van der Waals surface area contributed by atoms with Crippen molar-refractivity contribution in [2.75, 3.05) is 19.3 Å². The molecule has 1 aromatic rings. The number of carbonyl (C=O) groups excluding carboxylic acids is 1. The molecule has 2 N–H and O–H groups in total. The Labute approximate surface area is 114 Å². The summed E-state index contributed by atoms with van der Waals surface area (Å²) in [6, 6.07) is 8.46. The van der Waals surface area contributed by atoms with Gasteiger partial charge in [0, 0.05) is 17.9 Å². The monoisotopic (exact) mass is 266 g/mol. The molecule has 1 atom stereocenters. The van der Waals surface area contributed by atoms with Crippen LogP contribution in [0.2, 0.25) is 0 Å². The molecule has 0 saturated carbocycles. The first-order chi connectivity index (χ1) is 8.67. The Kier molecular flexibility index (Phi) is 6.83. The van der Waals surface area contributed by atoms with Gasteiger partial charge in [-0.25, -0.2) is 0 Å². The second kappa shape index (κ2) is 8.16. The van der Waals surface area contributed by atoms with Crippen molar-refractivity contribution in [1.82, 2.24) is 10.6 Å².